The molecule has 124 valence electrons. The maximum Gasteiger partial charge on any atom is 0.253 e. The molecule has 3 rings (SSSR count). The van der Waals surface area contributed by atoms with E-state index in [1.165, 1.54) is 0 Å². The summed E-state index contributed by atoms with van der Waals surface area (Å²) in [5.74, 6) is 0.806. The van der Waals surface area contributed by atoms with Crippen LogP contribution in [0.4, 0.5) is 5.13 Å². The fourth-order valence-corrected chi connectivity index (χ4v) is 3.63. The molecule has 0 aliphatic carbocycles. The van der Waals surface area contributed by atoms with Gasteiger partial charge >= 0.3 is 0 Å². The van der Waals surface area contributed by atoms with Crippen molar-refractivity contribution in [1.29, 1.82) is 0 Å². The topological polar surface area (TPSA) is 63.9 Å². The molecule has 0 saturated carbocycles. The number of piperidine rings is 1. The van der Waals surface area contributed by atoms with Crippen LogP contribution in [0.3, 0.4) is 0 Å². The van der Waals surface area contributed by atoms with Crippen LogP contribution in [0.25, 0.3) is 0 Å². The lowest BCUT2D eigenvalue weighted by atomic mass is 9.97. The highest BCUT2D eigenvalue weighted by atomic mass is 32.1. The number of aromatic nitrogens is 4. The summed E-state index contributed by atoms with van der Waals surface area (Å²) >= 11 is 1.64. The first-order chi connectivity index (χ1) is 11.0. The zero-order chi connectivity index (χ0) is 16.4. The Labute approximate surface area is 140 Å². The van der Waals surface area contributed by atoms with Crippen LogP contribution in [0.15, 0.2) is 17.2 Å². The van der Waals surface area contributed by atoms with E-state index in [0.29, 0.717) is 5.92 Å². The first-order valence-corrected chi connectivity index (χ1v) is 8.96. The number of hydrogen-bond donors (Lipinski definition) is 0. The van der Waals surface area contributed by atoms with E-state index in [-0.39, 0.29) is 11.5 Å². The van der Waals surface area contributed by atoms with Gasteiger partial charge in [-0.15, -0.1) is 10.2 Å². The molecule has 1 aliphatic rings. The summed E-state index contributed by atoms with van der Waals surface area (Å²) in [4.78, 5) is 18.9. The van der Waals surface area contributed by atoms with Crippen LogP contribution in [0.1, 0.15) is 43.3 Å². The van der Waals surface area contributed by atoms with Gasteiger partial charge in [0.25, 0.3) is 5.56 Å². The predicted molar refractivity (Wildman–Crippen MR) is 92.2 cm³/mol. The number of hydrogen-bond acceptors (Lipinski definition) is 6. The molecule has 0 radical (unpaired) electrons. The van der Waals surface area contributed by atoms with Gasteiger partial charge in [0.15, 0.2) is 0 Å². The van der Waals surface area contributed by atoms with Crippen LogP contribution < -0.4 is 10.5 Å². The third-order valence-corrected chi connectivity index (χ3v) is 5.25. The molecule has 0 unspecified atom stereocenters. The van der Waals surface area contributed by atoms with E-state index in [2.05, 4.69) is 33.9 Å². The lowest BCUT2D eigenvalue weighted by molar-refractivity contribution is 0.350. The summed E-state index contributed by atoms with van der Waals surface area (Å²) in [6.07, 6.45) is 3.84. The molecule has 0 bridgehead atoms. The molecule has 3 heterocycles. The van der Waals surface area contributed by atoms with Gasteiger partial charge in [-0.1, -0.05) is 25.2 Å². The van der Waals surface area contributed by atoms with Crippen molar-refractivity contribution >= 4 is 16.5 Å². The normalized spacial score (nSPS) is 16.3. The lowest BCUT2D eigenvalue weighted by Gasteiger charge is -2.31. The van der Waals surface area contributed by atoms with Crippen LogP contribution in [0.5, 0.6) is 0 Å². The molecule has 2 aromatic heterocycles. The van der Waals surface area contributed by atoms with E-state index in [9.17, 15) is 4.79 Å². The lowest BCUT2D eigenvalue weighted by Crippen LogP contribution is -2.36. The zero-order valence-electron chi connectivity index (χ0n) is 13.9. The first kappa shape index (κ1) is 16.1. The molecule has 7 heteroatoms. The Hall–Kier alpha value is -1.76. The van der Waals surface area contributed by atoms with E-state index >= 15 is 0 Å². The fourth-order valence-electron chi connectivity index (χ4n) is 2.89. The maximum absolute atomic E-state index is 12.2. The SMILES string of the molecule is Cc1nnc(N2CCC(Cn3cnc(C(C)C)cc3=O)CC2)s1. The van der Waals surface area contributed by atoms with Gasteiger partial charge in [-0.25, -0.2) is 4.98 Å². The van der Waals surface area contributed by atoms with Crippen molar-refractivity contribution in [1.82, 2.24) is 19.7 Å². The second-order valence-electron chi connectivity index (χ2n) is 6.49. The molecule has 0 N–H and O–H groups in total. The Morgan fingerprint density at radius 3 is 2.61 bits per heavy atom. The third-order valence-electron chi connectivity index (χ3n) is 4.35. The number of rotatable bonds is 4. The third kappa shape index (κ3) is 3.77. The molecule has 1 aliphatic heterocycles. The van der Waals surface area contributed by atoms with Gasteiger partial charge in [0.05, 0.1) is 12.0 Å². The molecule has 0 atom stereocenters. The van der Waals surface area contributed by atoms with Crippen molar-refractivity contribution in [3.8, 4) is 0 Å². The van der Waals surface area contributed by atoms with E-state index in [4.69, 9.17) is 0 Å². The largest absolute Gasteiger partial charge is 0.347 e. The van der Waals surface area contributed by atoms with Gasteiger partial charge in [-0.05, 0) is 31.6 Å². The van der Waals surface area contributed by atoms with E-state index in [1.807, 2.05) is 6.92 Å². The molecule has 1 fully saturated rings. The number of anilines is 1. The predicted octanol–water partition coefficient (Wildman–Crippen LogP) is 2.44. The van der Waals surface area contributed by atoms with Crippen molar-refractivity contribution in [2.45, 2.75) is 46.1 Å². The molecule has 6 nitrogen and oxygen atoms in total. The number of nitrogens with zero attached hydrogens (tertiary/aromatic N) is 5. The van der Waals surface area contributed by atoms with E-state index in [0.717, 1.165) is 48.3 Å². The molecular formula is C16H23N5OS. The van der Waals surface area contributed by atoms with Crippen molar-refractivity contribution in [2.24, 2.45) is 5.92 Å². The highest BCUT2D eigenvalue weighted by molar-refractivity contribution is 7.15. The molecular weight excluding hydrogens is 310 g/mol. The number of aryl methyl sites for hydroxylation is 1. The Morgan fingerprint density at radius 1 is 1.30 bits per heavy atom. The van der Waals surface area contributed by atoms with Crippen molar-refractivity contribution < 1.29 is 0 Å². The Balaban J connectivity index is 1.59. The summed E-state index contributed by atoms with van der Waals surface area (Å²) in [6, 6.07) is 1.67. The molecule has 0 amide bonds. The Kier molecular flexibility index (Phi) is 4.75. The summed E-state index contributed by atoms with van der Waals surface area (Å²) in [6.45, 7) is 8.80. The van der Waals surface area contributed by atoms with Crippen LogP contribution in [-0.2, 0) is 6.54 Å². The second kappa shape index (κ2) is 6.78. The molecule has 0 spiro atoms. The molecule has 1 saturated heterocycles. The van der Waals surface area contributed by atoms with E-state index in [1.54, 1.807) is 28.3 Å². The molecule has 0 aromatic carbocycles. The van der Waals surface area contributed by atoms with Gasteiger partial charge in [0, 0.05) is 25.7 Å². The minimum Gasteiger partial charge on any atom is -0.347 e. The van der Waals surface area contributed by atoms with Crippen molar-refractivity contribution in [3.63, 3.8) is 0 Å². The Bertz CT molecular complexity index is 715. The summed E-state index contributed by atoms with van der Waals surface area (Å²) < 4.78 is 1.75. The molecule has 2 aromatic rings. The van der Waals surface area contributed by atoms with Crippen LogP contribution in [0, 0.1) is 12.8 Å². The minimum atomic E-state index is 0.0610. The van der Waals surface area contributed by atoms with Crippen molar-refractivity contribution in [2.75, 3.05) is 18.0 Å². The minimum absolute atomic E-state index is 0.0610. The van der Waals surface area contributed by atoms with E-state index < -0.39 is 0 Å². The smallest absolute Gasteiger partial charge is 0.253 e. The average molecular weight is 333 g/mol. The monoisotopic (exact) mass is 333 g/mol. The van der Waals surface area contributed by atoms with Crippen LogP contribution in [-0.4, -0.2) is 32.8 Å². The zero-order valence-corrected chi connectivity index (χ0v) is 14.7. The summed E-state index contributed by atoms with van der Waals surface area (Å²) in [5, 5.41) is 10.3. The van der Waals surface area contributed by atoms with Crippen LogP contribution >= 0.6 is 11.3 Å². The maximum atomic E-state index is 12.2. The average Bonchev–Trinajstić information content (AvgIpc) is 2.96. The first-order valence-electron chi connectivity index (χ1n) is 8.14. The van der Waals surface area contributed by atoms with Gasteiger partial charge in [0.1, 0.15) is 5.01 Å². The van der Waals surface area contributed by atoms with Crippen molar-refractivity contribution in [3.05, 3.63) is 33.4 Å². The van der Waals surface area contributed by atoms with Gasteiger partial charge in [-0.2, -0.15) is 0 Å². The van der Waals surface area contributed by atoms with Crippen LogP contribution in [0.2, 0.25) is 0 Å². The quantitative estimate of drug-likeness (QED) is 0.860. The van der Waals surface area contributed by atoms with Gasteiger partial charge < -0.3 is 4.90 Å². The summed E-state index contributed by atoms with van der Waals surface area (Å²) in [5.41, 5.74) is 0.929. The van der Waals surface area contributed by atoms with Gasteiger partial charge in [-0.3, -0.25) is 9.36 Å². The molecule has 23 heavy (non-hydrogen) atoms. The highest BCUT2D eigenvalue weighted by Crippen LogP contribution is 2.26. The Morgan fingerprint density at radius 2 is 2.04 bits per heavy atom. The summed E-state index contributed by atoms with van der Waals surface area (Å²) in [7, 11) is 0. The van der Waals surface area contributed by atoms with Gasteiger partial charge in [0.2, 0.25) is 5.13 Å². The fraction of sp³-hybridized carbons (Fsp3) is 0.625. The highest BCUT2D eigenvalue weighted by Gasteiger charge is 2.22. The second-order valence-corrected chi connectivity index (χ2v) is 7.65. The standard InChI is InChI=1S/C16H23N5OS/c1-11(2)14-8-15(22)21(10-17-14)9-13-4-6-20(7-5-13)16-19-18-12(3)23-16/h8,10-11,13H,4-7,9H2,1-3H3.